The molecule has 0 spiro atoms. The zero-order valence-corrected chi connectivity index (χ0v) is 16.1. The number of aromatic nitrogens is 2. The molecule has 1 amide bonds. The second-order valence-corrected chi connectivity index (χ2v) is 6.69. The van der Waals surface area contributed by atoms with Gasteiger partial charge in [-0.25, -0.2) is 0 Å². The van der Waals surface area contributed by atoms with Crippen LogP contribution >= 0.6 is 11.6 Å². The van der Waals surface area contributed by atoms with Gasteiger partial charge in [-0.1, -0.05) is 29.8 Å². The molecule has 0 saturated carbocycles. The summed E-state index contributed by atoms with van der Waals surface area (Å²) in [5.74, 6) is -0.104. The molecule has 0 saturated heterocycles. The van der Waals surface area contributed by atoms with Crippen LogP contribution in [0.1, 0.15) is 32.9 Å². The summed E-state index contributed by atoms with van der Waals surface area (Å²) < 4.78 is 1.94. The average Bonchev–Trinajstić information content (AvgIpc) is 2.95. The molecule has 0 atom stereocenters. The molecular formula is C21H19ClN4O. The highest BCUT2D eigenvalue weighted by Gasteiger charge is 2.15. The van der Waals surface area contributed by atoms with Gasteiger partial charge in [0.15, 0.2) is 0 Å². The summed E-state index contributed by atoms with van der Waals surface area (Å²) in [7, 11) is 1.61. The van der Waals surface area contributed by atoms with Crippen molar-refractivity contribution in [3.05, 3.63) is 75.6 Å². The maximum atomic E-state index is 11.7. The number of benzene rings is 2. The lowest BCUT2D eigenvalue weighted by atomic mass is 10.0. The zero-order valence-electron chi connectivity index (χ0n) is 15.4. The van der Waals surface area contributed by atoms with Gasteiger partial charge in [0, 0.05) is 23.9 Å². The second-order valence-electron chi connectivity index (χ2n) is 6.29. The molecule has 6 heteroatoms. The monoisotopic (exact) mass is 378 g/mol. The van der Waals surface area contributed by atoms with Crippen LogP contribution in [-0.2, 0) is 6.54 Å². The molecule has 136 valence electrons. The highest BCUT2D eigenvalue weighted by atomic mass is 35.5. The highest BCUT2D eigenvalue weighted by Crippen LogP contribution is 2.30. The molecule has 0 bridgehead atoms. The summed E-state index contributed by atoms with van der Waals surface area (Å²) in [6, 6.07) is 15.0. The smallest absolute Gasteiger partial charge is 0.251 e. The van der Waals surface area contributed by atoms with Gasteiger partial charge >= 0.3 is 0 Å². The van der Waals surface area contributed by atoms with Crippen LogP contribution in [0.25, 0.3) is 11.1 Å². The average molecular weight is 379 g/mol. The van der Waals surface area contributed by atoms with E-state index in [9.17, 15) is 4.79 Å². The van der Waals surface area contributed by atoms with Crippen molar-refractivity contribution in [3.63, 3.8) is 0 Å². The molecule has 1 heterocycles. The van der Waals surface area contributed by atoms with Crippen molar-refractivity contribution in [1.29, 1.82) is 5.26 Å². The third-order valence-corrected chi connectivity index (χ3v) is 4.85. The molecule has 2 aromatic carbocycles. The Morgan fingerprint density at radius 2 is 1.93 bits per heavy atom. The van der Waals surface area contributed by atoms with Crippen molar-refractivity contribution in [3.8, 4) is 17.2 Å². The van der Waals surface area contributed by atoms with Crippen LogP contribution in [0.3, 0.4) is 0 Å². The Balaban J connectivity index is 1.91. The fourth-order valence-electron chi connectivity index (χ4n) is 3.11. The number of aryl methyl sites for hydroxylation is 1. The molecule has 1 N–H and O–H groups in total. The Hall–Kier alpha value is -3.10. The van der Waals surface area contributed by atoms with Crippen LogP contribution in [0.2, 0.25) is 5.02 Å². The Bertz CT molecular complexity index is 1050. The molecule has 0 unspecified atom stereocenters. The highest BCUT2D eigenvalue weighted by molar-refractivity contribution is 6.32. The maximum Gasteiger partial charge on any atom is 0.251 e. The molecule has 3 aromatic rings. The predicted molar refractivity (Wildman–Crippen MR) is 106 cm³/mol. The van der Waals surface area contributed by atoms with E-state index < -0.39 is 0 Å². The molecule has 1 aromatic heterocycles. The minimum atomic E-state index is -0.104. The number of nitriles is 1. The van der Waals surface area contributed by atoms with Crippen LogP contribution < -0.4 is 5.32 Å². The maximum absolute atomic E-state index is 11.7. The Morgan fingerprint density at radius 1 is 1.22 bits per heavy atom. The van der Waals surface area contributed by atoms with Crippen molar-refractivity contribution in [2.75, 3.05) is 7.05 Å². The summed E-state index contributed by atoms with van der Waals surface area (Å²) in [5, 5.41) is 16.8. The molecule has 27 heavy (non-hydrogen) atoms. The summed E-state index contributed by atoms with van der Waals surface area (Å²) in [5.41, 5.74) is 6.01. The van der Waals surface area contributed by atoms with Crippen molar-refractivity contribution in [2.24, 2.45) is 0 Å². The molecule has 0 aliphatic carbocycles. The van der Waals surface area contributed by atoms with Crippen molar-refractivity contribution in [1.82, 2.24) is 15.1 Å². The van der Waals surface area contributed by atoms with E-state index in [1.807, 2.05) is 36.7 Å². The van der Waals surface area contributed by atoms with Gasteiger partial charge in [0.25, 0.3) is 5.91 Å². The lowest BCUT2D eigenvalue weighted by Crippen LogP contribution is -2.17. The third-order valence-electron chi connectivity index (χ3n) is 4.54. The first-order valence-corrected chi connectivity index (χ1v) is 8.87. The first-order valence-electron chi connectivity index (χ1n) is 8.49. The van der Waals surface area contributed by atoms with Crippen molar-refractivity contribution < 1.29 is 4.79 Å². The summed E-state index contributed by atoms with van der Waals surface area (Å²) >= 11 is 6.19. The first-order chi connectivity index (χ1) is 12.9. The van der Waals surface area contributed by atoms with E-state index in [4.69, 9.17) is 16.9 Å². The van der Waals surface area contributed by atoms with E-state index in [1.54, 1.807) is 31.3 Å². The van der Waals surface area contributed by atoms with Crippen molar-refractivity contribution in [2.45, 2.75) is 20.4 Å². The number of carbonyl (C=O) groups is 1. The molecule has 5 nitrogen and oxygen atoms in total. The largest absolute Gasteiger partial charge is 0.355 e. The molecule has 3 rings (SSSR count). The van der Waals surface area contributed by atoms with E-state index in [0.29, 0.717) is 22.7 Å². The number of rotatable bonds is 4. The molecule has 0 radical (unpaired) electrons. The quantitative estimate of drug-likeness (QED) is 0.742. The van der Waals surface area contributed by atoms with E-state index in [1.165, 1.54) is 0 Å². The molecule has 0 fully saturated rings. The van der Waals surface area contributed by atoms with E-state index in [0.717, 1.165) is 28.1 Å². The van der Waals surface area contributed by atoms with Gasteiger partial charge in [-0.3, -0.25) is 9.48 Å². The fourth-order valence-corrected chi connectivity index (χ4v) is 3.33. The Kier molecular flexibility index (Phi) is 5.29. The van der Waals surface area contributed by atoms with Gasteiger partial charge in [0.1, 0.15) is 6.07 Å². The number of halogens is 1. The number of carbonyl (C=O) groups excluding carboxylic acids is 1. The predicted octanol–water partition coefficient (Wildman–Crippen LogP) is 4.10. The molecular weight excluding hydrogens is 360 g/mol. The normalized spacial score (nSPS) is 10.5. The molecule has 0 aliphatic heterocycles. The van der Waals surface area contributed by atoms with Gasteiger partial charge in [-0.2, -0.15) is 10.4 Å². The second kappa shape index (κ2) is 7.65. The van der Waals surface area contributed by atoms with Gasteiger partial charge in [-0.05, 0) is 49.2 Å². The first kappa shape index (κ1) is 18.7. The minimum Gasteiger partial charge on any atom is -0.355 e. The number of amides is 1. The lowest BCUT2D eigenvalue weighted by molar-refractivity contribution is 0.0963. The number of hydrogen-bond donors (Lipinski definition) is 1. The van der Waals surface area contributed by atoms with Crippen LogP contribution in [0.5, 0.6) is 0 Å². The van der Waals surface area contributed by atoms with Crippen LogP contribution in [0.4, 0.5) is 0 Å². The van der Waals surface area contributed by atoms with E-state index in [2.05, 4.69) is 16.5 Å². The van der Waals surface area contributed by atoms with Crippen LogP contribution in [-0.4, -0.2) is 22.7 Å². The van der Waals surface area contributed by atoms with E-state index in [-0.39, 0.29) is 5.91 Å². The summed E-state index contributed by atoms with van der Waals surface area (Å²) in [4.78, 5) is 11.7. The summed E-state index contributed by atoms with van der Waals surface area (Å²) in [6.45, 7) is 4.57. The van der Waals surface area contributed by atoms with Gasteiger partial charge in [-0.15, -0.1) is 0 Å². The third kappa shape index (κ3) is 3.71. The van der Waals surface area contributed by atoms with Gasteiger partial charge < -0.3 is 5.32 Å². The van der Waals surface area contributed by atoms with Gasteiger partial charge in [0.2, 0.25) is 0 Å². The topological polar surface area (TPSA) is 70.7 Å². The fraction of sp³-hybridized carbons (Fsp3) is 0.190. The summed E-state index contributed by atoms with van der Waals surface area (Å²) in [6.07, 6.45) is 0. The van der Waals surface area contributed by atoms with Crippen LogP contribution in [0, 0.1) is 25.2 Å². The number of nitrogens with zero attached hydrogens (tertiary/aromatic N) is 3. The Labute approximate surface area is 163 Å². The van der Waals surface area contributed by atoms with E-state index >= 15 is 0 Å². The Morgan fingerprint density at radius 3 is 2.52 bits per heavy atom. The lowest BCUT2D eigenvalue weighted by Gasteiger charge is -2.08. The van der Waals surface area contributed by atoms with Gasteiger partial charge in [0.05, 0.1) is 22.8 Å². The number of hydrogen-bond acceptors (Lipinski definition) is 3. The number of nitrogens with one attached hydrogen (secondary N) is 1. The minimum absolute atomic E-state index is 0.104. The zero-order chi connectivity index (χ0) is 19.6. The standard InChI is InChI=1S/C21H19ClN4O/c1-13-20(17-8-9-18(11-23)19(22)10-17)14(2)26(25-13)12-15-4-6-16(7-5-15)21(27)24-3/h4-10H,12H2,1-3H3,(H,24,27). The van der Waals surface area contributed by atoms with Crippen LogP contribution in [0.15, 0.2) is 42.5 Å². The molecule has 0 aliphatic rings. The SMILES string of the molecule is CNC(=O)c1ccc(Cn2nc(C)c(-c3ccc(C#N)c(Cl)c3)c2C)cc1. The van der Waals surface area contributed by atoms with Crippen molar-refractivity contribution >= 4 is 17.5 Å².